The summed E-state index contributed by atoms with van der Waals surface area (Å²) in [5.41, 5.74) is 4.49. The van der Waals surface area contributed by atoms with Gasteiger partial charge in [0.2, 0.25) is 5.91 Å². The van der Waals surface area contributed by atoms with E-state index in [1.807, 2.05) is 12.1 Å². The number of rotatable bonds is 3. The molecule has 1 aromatic heterocycles. The van der Waals surface area contributed by atoms with E-state index in [9.17, 15) is 18.0 Å². The van der Waals surface area contributed by atoms with Crippen molar-refractivity contribution in [2.45, 2.75) is 12.6 Å². The molecule has 0 aliphatic carbocycles. The Bertz CT molecular complexity index is 1240. The second kappa shape index (κ2) is 10.6. The molecule has 2 fully saturated rings. The lowest BCUT2D eigenvalue weighted by molar-refractivity contribution is -0.192. The lowest BCUT2D eigenvalue weighted by atomic mass is 10.0. The summed E-state index contributed by atoms with van der Waals surface area (Å²) >= 11 is 0. The van der Waals surface area contributed by atoms with Crippen LogP contribution in [0, 0.1) is 5.92 Å². The average molecular weight is 504 g/mol. The summed E-state index contributed by atoms with van der Waals surface area (Å²) in [6.07, 6.45) is -4.08. The molecule has 2 aromatic carbocycles. The molecule has 1 amide bonds. The standard InChI is InChI=1S/C23H27N5O.C2HF3O2/c1-26-21-9-3-2-8-20(21)25-22(26)17-6-4-7-19(14-17)27-10-5-11-28(13-12-27)23(29)18-15-24-16-18;3-2(4,5)1(6)7/h2-4,6-9,14,18,24H,5,10-13,15-16H2,1H3;(H,6,7). The van der Waals surface area contributed by atoms with Gasteiger partial charge >= 0.3 is 12.1 Å². The first-order valence-electron chi connectivity index (χ1n) is 11.7. The highest BCUT2D eigenvalue weighted by Gasteiger charge is 2.38. The summed E-state index contributed by atoms with van der Waals surface area (Å²) in [5, 5.41) is 10.3. The molecule has 0 radical (unpaired) electrons. The van der Waals surface area contributed by atoms with Gasteiger partial charge in [-0.25, -0.2) is 9.78 Å². The van der Waals surface area contributed by atoms with Crippen molar-refractivity contribution >= 4 is 28.6 Å². The van der Waals surface area contributed by atoms with Crippen molar-refractivity contribution in [1.29, 1.82) is 0 Å². The lowest BCUT2D eigenvalue weighted by Crippen LogP contribution is -2.52. The molecule has 3 heterocycles. The Morgan fingerprint density at radius 2 is 1.75 bits per heavy atom. The van der Waals surface area contributed by atoms with Gasteiger partial charge in [-0.1, -0.05) is 24.3 Å². The normalized spacial score (nSPS) is 16.7. The third-order valence-corrected chi connectivity index (χ3v) is 6.44. The molecule has 192 valence electrons. The van der Waals surface area contributed by atoms with Gasteiger partial charge in [0.05, 0.1) is 17.0 Å². The molecule has 3 aromatic rings. The highest BCUT2D eigenvalue weighted by atomic mass is 19.4. The molecule has 36 heavy (non-hydrogen) atoms. The van der Waals surface area contributed by atoms with Crippen LogP contribution in [0.4, 0.5) is 18.9 Å². The molecule has 0 unspecified atom stereocenters. The first kappa shape index (κ1) is 25.5. The number of anilines is 1. The van der Waals surface area contributed by atoms with Crippen LogP contribution in [-0.2, 0) is 16.6 Å². The zero-order valence-corrected chi connectivity index (χ0v) is 19.8. The number of carboxylic acids is 1. The van der Waals surface area contributed by atoms with E-state index in [0.717, 1.165) is 68.1 Å². The summed E-state index contributed by atoms with van der Waals surface area (Å²) < 4.78 is 33.9. The number of amides is 1. The van der Waals surface area contributed by atoms with Crippen LogP contribution in [0.5, 0.6) is 0 Å². The van der Waals surface area contributed by atoms with Crippen LogP contribution in [0.3, 0.4) is 0 Å². The van der Waals surface area contributed by atoms with E-state index in [2.05, 4.69) is 63.1 Å². The smallest absolute Gasteiger partial charge is 0.475 e. The monoisotopic (exact) mass is 503 g/mol. The minimum atomic E-state index is -5.08. The molecule has 2 aliphatic rings. The Kier molecular flexibility index (Phi) is 7.48. The Morgan fingerprint density at radius 1 is 1.03 bits per heavy atom. The number of hydrogen-bond donors (Lipinski definition) is 2. The molecule has 11 heteroatoms. The van der Waals surface area contributed by atoms with Crippen LogP contribution < -0.4 is 10.2 Å². The van der Waals surface area contributed by atoms with Crippen LogP contribution in [-0.4, -0.2) is 76.9 Å². The van der Waals surface area contributed by atoms with Gasteiger partial charge in [-0.15, -0.1) is 0 Å². The molecule has 0 spiro atoms. The topological polar surface area (TPSA) is 90.7 Å². The summed E-state index contributed by atoms with van der Waals surface area (Å²) in [5.74, 6) is -1.27. The zero-order chi connectivity index (χ0) is 25.9. The highest BCUT2D eigenvalue weighted by molar-refractivity contribution is 5.81. The molecule has 0 atom stereocenters. The SMILES string of the molecule is Cn1c(-c2cccc(N3CCCN(C(=O)C4CNC4)CC3)c2)nc2ccccc21.O=C(O)C(F)(F)F. The Hall–Kier alpha value is -3.60. The lowest BCUT2D eigenvalue weighted by Gasteiger charge is -2.32. The van der Waals surface area contributed by atoms with E-state index in [1.54, 1.807) is 0 Å². The summed E-state index contributed by atoms with van der Waals surface area (Å²) in [6, 6.07) is 16.9. The van der Waals surface area contributed by atoms with Crippen molar-refractivity contribution in [3.63, 3.8) is 0 Å². The summed E-state index contributed by atoms with van der Waals surface area (Å²) in [4.78, 5) is 30.8. The first-order valence-corrected chi connectivity index (χ1v) is 11.7. The van der Waals surface area contributed by atoms with E-state index >= 15 is 0 Å². The van der Waals surface area contributed by atoms with Crippen molar-refractivity contribution in [2.75, 3.05) is 44.2 Å². The van der Waals surface area contributed by atoms with Crippen molar-refractivity contribution in [3.8, 4) is 11.4 Å². The minimum absolute atomic E-state index is 0.183. The van der Waals surface area contributed by atoms with E-state index in [0.29, 0.717) is 5.91 Å². The number of alkyl halides is 3. The number of aliphatic carboxylic acids is 1. The van der Waals surface area contributed by atoms with E-state index in [1.165, 1.54) is 5.69 Å². The van der Waals surface area contributed by atoms with Crippen molar-refractivity contribution in [1.82, 2.24) is 19.8 Å². The molecular weight excluding hydrogens is 475 g/mol. The molecule has 0 saturated carbocycles. The number of fused-ring (bicyclic) bond motifs is 1. The third-order valence-electron chi connectivity index (χ3n) is 6.44. The third kappa shape index (κ3) is 5.62. The second-order valence-corrected chi connectivity index (χ2v) is 8.86. The van der Waals surface area contributed by atoms with Crippen LogP contribution in [0.15, 0.2) is 48.5 Å². The molecule has 5 rings (SSSR count). The predicted molar refractivity (Wildman–Crippen MR) is 130 cm³/mol. The molecule has 2 N–H and O–H groups in total. The van der Waals surface area contributed by atoms with Gasteiger partial charge in [-0.2, -0.15) is 13.2 Å². The molecule has 8 nitrogen and oxygen atoms in total. The second-order valence-electron chi connectivity index (χ2n) is 8.86. The van der Waals surface area contributed by atoms with Crippen molar-refractivity contribution < 1.29 is 27.9 Å². The first-order chi connectivity index (χ1) is 17.1. The number of aryl methyl sites for hydroxylation is 1. The summed E-state index contributed by atoms with van der Waals surface area (Å²) in [7, 11) is 2.07. The molecule has 2 aliphatic heterocycles. The maximum absolute atomic E-state index is 12.6. The number of halogens is 3. The molecular formula is C25H28F3N5O3. The number of nitrogens with one attached hydrogen (secondary N) is 1. The van der Waals surface area contributed by atoms with E-state index in [4.69, 9.17) is 14.9 Å². The van der Waals surface area contributed by atoms with E-state index < -0.39 is 12.1 Å². The fraction of sp³-hybridized carbons (Fsp3) is 0.400. The van der Waals surface area contributed by atoms with Gasteiger partial charge in [-0.3, -0.25) is 4.79 Å². The number of nitrogens with zero attached hydrogens (tertiary/aromatic N) is 4. The van der Waals surface area contributed by atoms with Crippen LogP contribution in [0.25, 0.3) is 22.4 Å². The van der Waals surface area contributed by atoms with Crippen LogP contribution >= 0.6 is 0 Å². The number of para-hydroxylation sites is 2. The van der Waals surface area contributed by atoms with Gasteiger partial charge in [0.1, 0.15) is 5.82 Å². The average Bonchev–Trinajstić information content (AvgIpc) is 2.98. The largest absolute Gasteiger partial charge is 0.490 e. The maximum atomic E-state index is 12.6. The van der Waals surface area contributed by atoms with Gasteiger partial charge in [-0.05, 0) is 30.7 Å². The van der Waals surface area contributed by atoms with Crippen LogP contribution in [0.1, 0.15) is 6.42 Å². The van der Waals surface area contributed by atoms with Crippen LogP contribution in [0.2, 0.25) is 0 Å². The number of aromatic nitrogens is 2. The Balaban J connectivity index is 0.000000384. The number of benzene rings is 2. The fourth-order valence-electron chi connectivity index (χ4n) is 4.36. The van der Waals surface area contributed by atoms with Gasteiger partial charge in [0, 0.05) is 57.6 Å². The van der Waals surface area contributed by atoms with E-state index in [-0.39, 0.29) is 5.92 Å². The number of hydrogen-bond acceptors (Lipinski definition) is 5. The van der Waals surface area contributed by atoms with Gasteiger partial charge < -0.3 is 24.8 Å². The number of carboxylic acid groups (broad SMARTS) is 1. The minimum Gasteiger partial charge on any atom is -0.475 e. The zero-order valence-electron chi connectivity index (χ0n) is 19.8. The Morgan fingerprint density at radius 3 is 2.39 bits per heavy atom. The highest BCUT2D eigenvalue weighted by Crippen LogP contribution is 2.27. The maximum Gasteiger partial charge on any atom is 0.490 e. The van der Waals surface area contributed by atoms with Gasteiger partial charge in [0.15, 0.2) is 0 Å². The summed E-state index contributed by atoms with van der Waals surface area (Å²) in [6.45, 7) is 5.16. The quantitative estimate of drug-likeness (QED) is 0.571. The predicted octanol–water partition coefficient (Wildman–Crippen LogP) is 3.13. The van der Waals surface area contributed by atoms with Gasteiger partial charge in [0.25, 0.3) is 0 Å². The molecule has 2 saturated heterocycles. The van der Waals surface area contributed by atoms with Crippen molar-refractivity contribution in [3.05, 3.63) is 48.5 Å². The Labute approximate surface area is 206 Å². The van der Waals surface area contributed by atoms with Crippen molar-refractivity contribution in [2.24, 2.45) is 13.0 Å². The number of carbonyl (C=O) groups is 2. The number of imidazole rings is 1. The fourth-order valence-corrected chi connectivity index (χ4v) is 4.36. The number of carbonyl (C=O) groups excluding carboxylic acids is 1. The molecule has 0 bridgehead atoms.